The highest BCUT2D eigenvalue weighted by Crippen LogP contribution is 2.14. The lowest BCUT2D eigenvalue weighted by molar-refractivity contribution is 0.594. The Bertz CT molecular complexity index is 482. The lowest BCUT2D eigenvalue weighted by Gasteiger charge is -2.07. The smallest absolute Gasteiger partial charge is 0.0946 e. The molecule has 0 fully saturated rings. The topological polar surface area (TPSA) is 34.8 Å². The van der Waals surface area contributed by atoms with Gasteiger partial charge in [0.1, 0.15) is 0 Å². The minimum absolute atomic E-state index is 0.939. The second-order valence-corrected chi connectivity index (χ2v) is 4.62. The SMILES string of the molecule is CCn1c(C)cc(CNCCn2ccnc2)c1C. The van der Waals surface area contributed by atoms with Gasteiger partial charge in [-0.1, -0.05) is 0 Å². The van der Waals surface area contributed by atoms with Gasteiger partial charge in [-0.15, -0.1) is 0 Å². The van der Waals surface area contributed by atoms with Crippen molar-refractivity contribution in [1.29, 1.82) is 0 Å². The number of rotatable bonds is 6. The third-order valence-electron chi connectivity index (χ3n) is 3.42. The minimum atomic E-state index is 0.939. The van der Waals surface area contributed by atoms with Crippen molar-refractivity contribution in [2.75, 3.05) is 6.54 Å². The zero-order valence-electron chi connectivity index (χ0n) is 11.5. The Hall–Kier alpha value is -1.55. The second kappa shape index (κ2) is 5.87. The average Bonchev–Trinajstić information content (AvgIpc) is 2.94. The molecule has 0 spiro atoms. The molecule has 2 rings (SSSR count). The van der Waals surface area contributed by atoms with Gasteiger partial charge in [0, 0.05) is 50.0 Å². The number of aryl methyl sites for hydroxylation is 1. The molecule has 0 atom stereocenters. The van der Waals surface area contributed by atoms with Crippen LogP contribution in [0.3, 0.4) is 0 Å². The average molecular weight is 246 g/mol. The molecular weight excluding hydrogens is 224 g/mol. The zero-order chi connectivity index (χ0) is 13.0. The molecule has 2 aromatic rings. The molecule has 0 aliphatic carbocycles. The van der Waals surface area contributed by atoms with Gasteiger partial charge in [0.15, 0.2) is 0 Å². The monoisotopic (exact) mass is 246 g/mol. The summed E-state index contributed by atoms with van der Waals surface area (Å²) in [4.78, 5) is 4.03. The first-order valence-corrected chi connectivity index (χ1v) is 6.54. The predicted octanol–water partition coefficient (Wildman–Crippen LogP) is 2.11. The lowest BCUT2D eigenvalue weighted by Crippen LogP contribution is -2.19. The van der Waals surface area contributed by atoms with E-state index in [0.29, 0.717) is 0 Å². The van der Waals surface area contributed by atoms with Gasteiger partial charge in [-0.2, -0.15) is 0 Å². The fraction of sp³-hybridized carbons (Fsp3) is 0.500. The van der Waals surface area contributed by atoms with E-state index in [0.717, 1.165) is 26.2 Å². The molecule has 18 heavy (non-hydrogen) atoms. The van der Waals surface area contributed by atoms with E-state index in [1.807, 2.05) is 18.7 Å². The maximum absolute atomic E-state index is 4.03. The van der Waals surface area contributed by atoms with Crippen LogP contribution in [0, 0.1) is 13.8 Å². The van der Waals surface area contributed by atoms with Crippen molar-refractivity contribution in [1.82, 2.24) is 19.4 Å². The van der Waals surface area contributed by atoms with Gasteiger partial charge in [-0.05, 0) is 32.4 Å². The molecule has 0 unspecified atom stereocenters. The van der Waals surface area contributed by atoms with Crippen LogP contribution in [0.5, 0.6) is 0 Å². The Morgan fingerprint density at radius 3 is 2.78 bits per heavy atom. The quantitative estimate of drug-likeness (QED) is 0.792. The van der Waals surface area contributed by atoms with Crippen LogP contribution in [-0.4, -0.2) is 20.7 Å². The summed E-state index contributed by atoms with van der Waals surface area (Å²) >= 11 is 0. The van der Waals surface area contributed by atoms with E-state index in [2.05, 4.69) is 46.3 Å². The van der Waals surface area contributed by atoms with E-state index in [4.69, 9.17) is 0 Å². The summed E-state index contributed by atoms with van der Waals surface area (Å²) in [6.07, 6.45) is 5.66. The Morgan fingerprint density at radius 1 is 1.33 bits per heavy atom. The summed E-state index contributed by atoms with van der Waals surface area (Å²) in [5.74, 6) is 0. The van der Waals surface area contributed by atoms with E-state index in [-0.39, 0.29) is 0 Å². The molecule has 0 aliphatic rings. The minimum Gasteiger partial charge on any atom is -0.349 e. The van der Waals surface area contributed by atoms with Gasteiger partial charge < -0.3 is 14.5 Å². The third-order valence-corrected chi connectivity index (χ3v) is 3.42. The normalized spacial score (nSPS) is 11.1. The van der Waals surface area contributed by atoms with Crippen molar-refractivity contribution < 1.29 is 0 Å². The van der Waals surface area contributed by atoms with E-state index in [1.165, 1.54) is 17.0 Å². The van der Waals surface area contributed by atoms with Gasteiger partial charge >= 0.3 is 0 Å². The van der Waals surface area contributed by atoms with E-state index in [9.17, 15) is 0 Å². The summed E-state index contributed by atoms with van der Waals surface area (Å²) in [7, 11) is 0. The molecule has 0 saturated heterocycles. The third kappa shape index (κ3) is 2.82. The van der Waals surface area contributed by atoms with Crippen LogP contribution in [0.4, 0.5) is 0 Å². The molecule has 98 valence electrons. The maximum atomic E-state index is 4.03. The standard InChI is InChI=1S/C14H22N4/c1-4-18-12(2)9-14(13(18)3)10-15-5-7-17-8-6-16-11-17/h6,8-9,11,15H,4-5,7,10H2,1-3H3. The highest BCUT2D eigenvalue weighted by atomic mass is 15.0. The summed E-state index contributed by atoms with van der Waals surface area (Å²) in [6.45, 7) is 10.5. The van der Waals surface area contributed by atoms with Crippen LogP contribution in [-0.2, 0) is 19.6 Å². The Balaban J connectivity index is 1.83. The van der Waals surface area contributed by atoms with Gasteiger partial charge in [-0.3, -0.25) is 0 Å². The molecule has 0 aromatic carbocycles. The van der Waals surface area contributed by atoms with Gasteiger partial charge in [0.25, 0.3) is 0 Å². The molecule has 0 aliphatic heterocycles. The van der Waals surface area contributed by atoms with E-state index < -0.39 is 0 Å². The number of nitrogens with zero attached hydrogens (tertiary/aromatic N) is 3. The molecule has 0 saturated carbocycles. The fourth-order valence-electron chi connectivity index (χ4n) is 2.39. The lowest BCUT2D eigenvalue weighted by atomic mass is 10.2. The van der Waals surface area contributed by atoms with Crippen LogP contribution >= 0.6 is 0 Å². The number of hydrogen-bond acceptors (Lipinski definition) is 2. The first-order valence-electron chi connectivity index (χ1n) is 6.54. The van der Waals surface area contributed by atoms with Crippen molar-refractivity contribution in [3.63, 3.8) is 0 Å². The Labute approximate surface area is 109 Å². The van der Waals surface area contributed by atoms with Crippen molar-refractivity contribution in [2.45, 2.75) is 40.4 Å². The molecule has 0 bridgehead atoms. The predicted molar refractivity (Wildman–Crippen MR) is 73.5 cm³/mol. The number of imidazole rings is 1. The van der Waals surface area contributed by atoms with E-state index in [1.54, 1.807) is 0 Å². The Morgan fingerprint density at radius 2 is 2.17 bits per heavy atom. The zero-order valence-corrected chi connectivity index (χ0v) is 11.5. The molecular formula is C14H22N4. The summed E-state index contributed by atoms with van der Waals surface area (Å²) in [5.41, 5.74) is 4.13. The fourth-order valence-corrected chi connectivity index (χ4v) is 2.39. The van der Waals surface area contributed by atoms with Gasteiger partial charge in [0.2, 0.25) is 0 Å². The molecule has 4 nitrogen and oxygen atoms in total. The first kappa shape index (κ1) is 12.9. The highest BCUT2D eigenvalue weighted by molar-refractivity contribution is 5.26. The number of aromatic nitrogens is 3. The summed E-state index contributed by atoms with van der Waals surface area (Å²) in [5, 5.41) is 3.48. The molecule has 2 heterocycles. The molecule has 1 N–H and O–H groups in total. The van der Waals surface area contributed by atoms with Gasteiger partial charge in [-0.25, -0.2) is 4.98 Å². The van der Waals surface area contributed by atoms with Crippen LogP contribution in [0.2, 0.25) is 0 Å². The largest absolute Gasteiger partial charge is 0.349 e. The van der Waals surface area contributed by atoms with Crippen molar-refractivity contribution in [3.8, 4) is 0 Å². The first-order chi connectivity index (χ1) is 8.72. The van der Waals surface area contributed by atoms with E-state index >= 15 is 0 Å². The van der Waals surface area contributed by atoms with Crippen LogP contribution < -0.4 is 5.32 Å². The molecule has 2 aromatic heterocycles. The van der Waals surface area contributed by atoms with Crippen molar-refractivity contribution >= 4 is 0 Å². The number of nitrogens with one attached hydrogen (secondary N) is 1. The van der Waals surface area contributed by atoms with Crippen LogP contribution in [0.1, 0.15) is 23.9 Å². The summed E-state index contributed by atoms with van der Waals surface area (Å²) in [6, 6.07) is 2.28. The maximum Gasteiger partial charge on any atom is 0.0946 e. The highest BCUT2D eigenvalue weighted by Gasteiger charge is 2.06. The van der Waals surface area contributed by atoms with Gasteiger partial charge in [0.05, 0.1) is 6.33 Å². The second-order valence-electron chi connectivity index (χ2n) is 4.62. The number of hydrogen-bond donors (Lipinski definition) is 1. The molecule has 4 heteroatoms. The molecule has 0 amide bonds. The molecule has 0 radical (unpaired) electrons. The van der Waals surface area contributed by atoms with Crippen molar-refractivity contribution in [3.05, 3.63) is 41.7 Å². The van der Waals surface area contributed by atoms with Crippen LogP contribution in [0.25, 0.3) is 0 Å². The summed E-state index contributed by atoms with van der Waals surface area (Å²) < 4.78 is 4.44. The van der Waals surface area contributed by atoms with Crippen LogP contribution in [0.15, 0.2) is 24.8 Å². The Kier molecular flexibility index (Phi) is 4.20. The van der Waals surface area contributed by atoms with Crippen molar-refractivity contribution in [2.24, 2.45) is 0 Å².